The van der Waals surface area contributed by atoms with Crippen LogP contribution < -0.4 is 4.74 Å². The molecule has 2 aromatic rings. The Bertz CT molecular complexity index is 659. The van der Waals surface area contributed by atoms with Gasteiger partial charge in [-0.1, -0.05) is 0 Å². The molecule has 0 aliphatic heterocycles. The monoisotopic (exact) mass is 274 g/mol. The zero-order valence-corrected chi connectivity index (χ0v) is 10.7. The molecule has 0 saturated heterocycles. The Morgan fingerprint density at radius 2 is 2.20 bits per heavy atom. The number of nitro groups is 1. The second kappa shape index (κ2) is 5.05. The van der Waals surface area contributed by atoms with Crippen molar-refractivity contribution in [2.24, 2.45) is 0 Å². The van der Waals surface area contributed by atoms with Crippen LogP contribution in [-0.2, 0) is 0 Å². The van der Waals surface area contributed by atoms with Gasteiger partial charge in [-0.3, -0.25) is 10.1 Å². The predicted octanol–water partition coefficient (Wildman–Crippen LogP) is 2.44. The molecule has 0 amide bonds. The number of aliphatic hydroxyl groups is 1. The number of benzene rings is 1. The molecule has 1 saturated carbocycles. The van der Waals surface area contributed by atoms with Crippen LogP contribution in [0.5, 0.6) is 5.75 Å². The number of rotatable bonds is 3. The standard InChI is InChI=1S/C14H14N2O4/c17-11-4-1-5-13(11)20-12-7-6-10(16(18)19)14-9(12)3-2-8-15-14/h2-3,6-8,11,13,17H,1,4-5H2/t11-,13-/m0/s1. The van der Waals surface area contributed by atoms with E-state index in [1.54, 1.807) is 18.2 Å². The fourth-order valence-corrected chi connectivity index (χ4v) is 2.59. The van der Waals surface area contributed by atoms with Crippen molar-refractivity contribution in [2.45, 2.75) is 31.5 Å². The number of nitrogens with zero attached hydrogens (tertiary/aromatic N) is 2. The number of fused-ring (bicyclic) bond motifs is 1. The highest BCUT2D eigenvalue weighted by Gasteiger charge is 2.28. The van der Waals surface area contributed by atoms with Crippen molar-refractivity contribution in [3.63, 3.8) is 0 Å². The fraction of sp³-hybridized carbons (Fsp3) is 0.357. The van der Waals surface area contributed by atoms with Gasteiger partial charge in [-0.2, -0.15) is 0 Å². The molecule has 0 radical (unpaired) electrons. The molecule has 2 atom stereocenters. The van der Waals surface area contributed by atoms with Crippen LogP contribution in [0.4, 0.5) is 5.69 Å². The van der Waals surface area contributed by atoms with Crippen LogP contribution in [0.2, 0.25) is 0 Å². The molecule has 1 aromatic heterocycles. The lowest BCUT2D eigenvalue weighted by atomic mass is 10.1. The molecule has 0 unspecified atom stereocenters. The first-order valence-corrected chi connectivity index (χ1v) is 6.53. The topological polar surface area (TPSA) is 85.5 Å². The van der Waals surface area contributed by atoms with Gasteiger partial charge in [-0.05, 0) is 37.5 Å². The number of hydrogen-bond acceptors (Lipinski definition) is 5. The van der Waals surface area contributed by atoms with Gasteiger partial charge in [0.15, 0.2) is 5.52 Å². The summed E-state index contributed by atoms with van der Waals surface area (Å²) in [5.74, 6) is 0.532. The van der Waals surface area contributed by atoms with E-state index in [2.05, 4.69) is 4.98 Å². The van der Waals surface area contributed by atoms with Gasteiger partial charge in [-0.25, -0.2) is 4.98 Å². The number of nitro benzene ring substituents is 1. The van der Waals surface area contributed by atoms with Gasteiger partial charge in [0, 0.05) is 17.6 Å². The maximum absolute atomic E-state index is 11.0. The summed E-state index contributed by atoms with van der Waals surface area (Å²) in [6.07, 6.45) is 3.24. The SMILES string of the molecule is O=[N+]([O-])c1ccc(O[C@H]2CCC[C@@H]2O)c2cccnc12. The molecule has 0 spiro atoms. The zero-order valence-electron chi connectivity index (χ0n) is 10.7. The Kier molecular flexibility index (Phi) is 3.23. The molecule has 104 valence electrons. The molecule has 20 heavy (non-hydrogen) atoms. The number of hydrogen-bond donors (Lipinski definition) is 1. The maximum atomic E-state index is 11.0. The number of aliphatic hydroxyl groups excluding tert-OH is 1. The smallest absolute Gasteiger partial charge is 0.295 e. The molecule has 1 aliphatic rings. The molecule has 3 rings (SSSR count). The van der Waals surface area contributed by atoms with Gasteiger partial charge in [0.1, 0.15) is 11.9 Å². The highest BCUT2D eigenvalue weighted by Crippen LogP contribution is 2.33. The number of ether oxygens (including phenoxy) is 1. The molecule has 1 N–H and O–H groups in total. The van der Waals surface area contributed by atoms with E-state index in [-0.39, 0.29) is 11.8 Å². The minimum atomic E-state index is -0.475. The normalized spacial score (nSPS) is 22.1. The first kappa shape index (κ1) is 12.8. The molecule has 1 fully saturated rings. The van der Waals surface area contributed by atoms with E-state index < -0.39 is 11.0 Å². The van der Waals surface area contributed by atoms with Crippen LogP contribution in [0.3, 0.4) is 0 Å². The van der Waals surface area contributed by atoms with E-state index >= 15 is 0 Å². The summed E-state index contributed by atoms with van der Waals surface area (Å²) in [6.45, 7) is 0. The average Bonchev–Trinajstić information content (AvgIpc) is 2.84. The van der Waals surface area contributed by atoms with Crippen molar-refractivity contribution < 1.29 is 14.8 Å². The summed E-state index contributed by atoms with van der Waals surface area (Å²) in [5.41, 5.74) is 0.266. The maximum Gasteiger partial charge on any atom is 0.295 e. The molecular formula is C14H14N2O4. The molecule has 0 bridgehead atoms. The summed E-state index contributed by atoms with van der Waals surface area (Å²) in [4.78, 5) is 14.6. The van der Waals surface area contributed by atoms with E-state index in [1.807, 2.05) is 0 Å². The quantitative estimate of drug-likeness (QED) is 0.686. The molecule has 1 heterocycles. The summed E-state index contributed by atoms with van der Waals surface area (Å²) in [5, 5.41) is 21.4. The summed E-state index contributed by atoms with van der Waals surface area (Å²) >= 11 is 0. The lowest BCUT2D eigenvalue weighted by Crippen LogP contribution is -2.25. The third kappa shape index (κ3) is 2.18. The molecule has 1 aliphatic carbocycles. The van der Waals surface area contributed by atoms with Crippen LogP contribution in [0.1, 0.15) is 19.3 Å². The summed E-state index contributed by atoms with van der Waals surface area (Å²) < 4.78 is 5.82. The van der Waals surface area contributed by atoms with Gasteiger partial charge in [-0.15, -0.1) is 0 Å². The number of aromatic nitrogens is 1. The van der Waals surface area contributed by atoms with E-state index in [0.717, 1.165) is 19.3 Å². The molecule has 6 heteroatoms. The van der Waals surface area contributed by atoms with E-state index in [0.29, 0.717) is 16.7 Å². The first-order chi connectivity index (χ1) is 9.66. The van der Waals surface area contributed by atoms with Gasteiger partial charge in [0.05, 0.1) is 11.0 Å². The number of pyridine rings is 1. The van der Waals surface area contributed by atoms with E-state index in [1.165, 1.54) is 12.3 Å². The van der Waals surface area contributed by atoms with Crippen molar-refractivity contribution in [1.82, 2.24) is 4.98 Å². The van der Waals surface area contributed by atoms with Crippen molar-refractivity contribution in [2.75, 3.05) is 0 Å². The van der Waals surface area contributed by atoms with Gasteiger partial charge in [0.25, 0.3) is 5.69 Å². The van der Waals surface area contributed by atoms with Gasteiger partial charge < -0.3 is 9.84 Å². The first-order valence-electron chi connectivity index (χ1n) is 6.53. The van der Waals surface area contributed by atoms with Gasteiger partial charge in [0.2, 0.25) is 0 Å². The van der Waals surface area contributed by atoms with Crippen molar-refractivity contribution in [1.29, 1.82) is 0 Å². The second-order valence-electron chi connectivity index (χ2n) is 4.89. The molecular weight excluding hydrogens is 260 g/mol. The Morgan fingerprint density at radius 3 is 2.90 bits per heavy atom. The lowest BCUT2D eigenvalue weighted by molar-refractivity contribution is -0.383. The van der Waals surface area contributed by atoms with Crippen molar-refractivity contribution >= 4 is 16.6 Å². The van der Waals surface area contributed by atoms with E-state index in [9.17, 15) is 15.2 Å². The third-order valence-corrected chi connectivity index (χ3v) is 3.60. The average molecular weight is 274 g/mol. The van der Waals surface area contributed by atoms with Crippen LogP contribution in [0.15, 0.2) is 30.5 Å². The van der Waals surface area contributed by atoms with Crippen LogP contribution >= 0.6 is 0 Å². The Hall–Kier alpha value is -2.21. The number of non-ortho nitro benzene ring substituents is 1. The zero-order chi connectivity index (χ0) is 14.1. The Morgan fingerprint density at radius 1 is 1.35 bits per heavy atom. The Labute approximate surface area is 115 Å². The third-order valence-electron chi connectivity index (χ3n) is 3.60. The Balaban J connectivity index is 2.04. The van der Waals surface area contributed by atoms with Crippen LogP contribution in [-0.4, -0.2) is 27.2 Å². The summed E-state index contributed by atoms with van der Waals surface area (Å²) in [6, 6.07) is 6.43. The minimum absolute atomic E-state index is 0.0417. The van der Waals surface area contributed by atoms with Crippen LogP contribution in [0.25, 0.3) is 10.9 Å². The highest BCUT2D eigenvalue weighted by molar-refractivity contribution is 5.92. The molecule has 6 nitrogen and oxygen atoms in total. The minimum Gasteiger partial charge on any atom is -0.487 e. The van der Waals surface area contributed by atoms with E-state index in [4.69, 9.17) is 4.74 Å². The predicted molar refractivity (Wildman–Crippen MR) is 72.7 cm³/mol. The highest BCUT2D eigenvalue weighted by atomic mass is 16.6. The fourth-order valence-electron chi connectivity index (χ4n) is 2.59. The van der Waals surface area contributed by atoms with Crippen LogP contribution in [0, 0.1) is 10.1 Å². The second-order valence-corrected chi connectivity index (χ2v) is 4.89. The lowest BCUT2D eigenvalue weighted by Gasteiger charge is -2.18. The largest absolute Gasteiger partial charge is 0.487 e. The molecule has 1 aromatic carbocycles. The van der Waals surface area contributed by atoms with Crippen molar-refractivity contribution in [3.05, 3.63) is 40.6 Å². The van der Waals surface area contributed by atoms with Gasteiger partial charge >= 0.3 is 0 Å². The van der Waals surface area contributed by atoms with Crippen molar-refractivity contribution in [3.8, 4) is 5.75 Å². The summed E-state index contributed by atoms with van der Waals surface area (Å²) in [7, 11) is 0.